The van der Waals surface area contributed by atoms with Gasteiger partial charge in [-0.15, -0.1) is 0 Å². The fraction of sp³-hybridized carbons (Fsp3) is 0.971. The lowest BCUT2D eigenvalue weighted by Crippen LogP contribution is -2.73. The SMILES string of the molecule is CC1(C)C(=O)CC[C@@]2(C)C1CC[C@]1(C)C2CC(O)C2[C@@]3(C)CC[C@](O)(C(C)(C)O)C3C(O[C@H]3OC[C@H](O)[C@@H](O)[C@@H]3O)C[C@]21C. The molecule has 0 amide bonds. The molecule has 0 aromatic carbocycles. The third-order valence-corrected chi connectivity index (χ3v) is 15.4. The monoisotopic (exact) mass is 622 g/mol. The van der Waals surface area contributed by atoms with Crippen molar-refractivity contribution in [2.75, 3.05) is 6.61 Å². The zero-order chi connectivity index (χ0) is 32.6. The second-order valence-corrected chi connectivity index (χ2v) is 18.0. The highest BCUT2D eigenvalue weighted by Crippen LogP contribution is 2.78. The van der Waals surface area contributed by atoms with E-state index < -0.39 is 70.2 Å². The Morgan fingerprint density at radius 1 is 0.818 bits per heavy atom. The number of carbonyl (C=O) groups excluding carboxylic acids is 1. The fourth-order valence-corrected chi connectivity index (χ4v) is 13.1. The van der Waals surface area contributed by atoms with Crippen LogP contribution in [0.2, 0.25) is 0 Å². The Bertz CT molecular complexity index is 1170. The van der Waals surface area contributed by atoms with Crippen LogP contribution in [0.1, 0.15) is 107 Å². The summed E-state index contributed by atoms with van der Waals surface area (Å²) in [6.45, 7) is 16.4. The van der Waals surface area contributed by atoms with Crippen LogP contribution < -0.4 is 0 Å². The van der Waals surface area contributed by atoms with Crippen LogP contribution in [0, 0.1) is 50.7 Å². The van der Waals surface area contributed by atoms with Gasteiger partial charge in [0.2, 0.25) is 0 Å². The summed E-state index contributed by atoms with van der Waals surface area (Å²) in [5, 5.41) is 67.6. The predicted octanol–water partition coefficient (Wildman–Crippen LogP) is 2.95. The highest BCUT2D eigenvalue weighted by Gasteiger charge is 2.77. The van der Waals surface area contributed by atoms with Gasteiger partial charge in [0.25, 0.3) is 0 Å². The number of aliphatic hydroxyl groups is 6. The summed E-state index contributed by atoms with van der Waals surface area (Å²) >= 11 is 0. The van der Waals surface area contributed by atoms with Crippen LogP contribution >= 0.6 is 0 Å². The first-order chi connectivity index (χ1) is 20.1. The molecule has 1 saturated heterocycles. The zero-order valence-electron chi connectivity index (χ0n) is 28.0. The number of ether oxygens (including phenoxy) is 2. The van der Waals surface area contributed by atoms with E-state index in [-0.39, 0.29) is 35.2 Å². The van der Waals surface area contributed by atoms with Crippen molar-refractivity contribution >= 4 is 5.78 Å². The minimum Gasteiger partial charge on any atom is -0.393 e. The standard InChI is InChI=1S/C35H58O9/c1-29(2)21-9-12-33(7)22(31(21,5)11-10-23(29)38)15-18(36)26-32(6)13-14-35(42,30(3,4)41)27(32)20(16-34(26,33)8)44-28-25(40)24(39)19(37)17-43-28/h18-22,24-28,36-37,39-42H,9-17H2,1-8H3/t18?,19-,20?,21?,22?,24+,25-,26?,27?,28+,31-,32+,33+,34+,35+/m0/s1. The molecule has 0 spiro atoms. The maximum atomic E-state index is 13.1. The van der Waals surface area contributed by atoms with Crippen molar-refractivity contribution in [2.24, 2.45) is 50.7 Å². The van der Waals surface area contributed by atoms with Gasteiger partial charge in [0.05, 0.1) is 30.0 Å². The van der Waals surface area contributed by atoms with E-state index in [1.165, 1.54) is 0 Å². The molecule has 44 heavy (non-hydrogen) atoms. The average Bonchev–Trinajstić information content (AvgIpc) is 3.20. The topological polar surface area (TPSA) is 157 Å². The summed E-state index contributed by atoms with van der Waals surface area (Å²) in [6.07, 6.45) is -1.45. The van der Waals surface area contributed by atoms with Gasteiger partial charge in [0, 0.05) is 17.8 Å². The van der Waals surface area contributed by atoms with Crippen LogP contribution in [0.25, 0.3) is 0 Å². The van der Waals surface area contributed by atoms with Gasteiger partial charge in [-0.05, 0) is 98.2 Å². The van der Waals surface area contributed by atoms with E-state index in [2.05, 4.69) is 41.5 Å². The number of hydrogen-bond donors (Lipinski definition) is 6. The highest BCUT2D eigenvalue weighted by molar-refractivity contribution is 5.85. The summed E-state index contributed by atoms with van der Waals surface area (Å²) in [7, 11) is 0. The van der Waals surface area contributed by atoms with Crippen LogP contribution in [0.5, 0.6) is 0 Å². The van der Waals surface area contributed by atoms with E-state index in [0.717, 1.165) is 19.3 Å². The fourth-order valence-electron chi connectivity index (χ4n) is 13.1. The van der Waals surface area contributed by atoms with E-state index in [0.29, 0.717) is 37.9 Å². The number of Topliss-reactive ketones (excluding diaryl/α,β-unsaturated/α-hetero) is 1. The normalized spacial score (nSPS) is 57.2. The van der Waals surface area contributed by atoms with Crippen LogP contribution in [-0.4, -0.2) is 91.0 Å². The van der Waals surface area contributed by atoms with Gasteiger partial charge in [0.15, 0.2) is 6.29 Å². The van der Waals surface area contributed by atoms with E-state index in [1.807, 2.05) is 0 Å². The molecule has 6 N–H and O–H groups in total. The molecule has 1 aliphatic heterocycles. The number of carbonyl (C=O) groups is 1. The maximum absolute atomic E-state index is 13.1. The Kier molecular flexibility index (Phi) is 7.51. The highest BCUT2D eigenvalue weighted by atomic mass is 16.7. The van der Waals surface area contributed by atoms with Crippen molar-refractivity contribution in [3.63, 3.8) is 0 Å². The molecule has 1 heterocycles. The van der Waals surface area contributed by atoms with Gasteiger partial charge in [-0.3, -0.25) is 4.79 Å². The molecule has 0 bridgehead atoms. The number of hydrogen-bond acceptors (Lipinski definition) is 9. The van der Waals surface area contributed by atoms with Gasteiger partial charge >= 0.3 is 0 Å². The number of fused-ring (bicyclic) bond motifs is 7. The van der Waals surface area contributed by atoms with Crippen molar-refractivity contribution in [3.8, 4) is 0 Å². The molecule has 15 atom stereocenters. The first kappa shape index (κ1) is 33.3. The summed E-state index contributed by atoms with van der Waals surface area (Å²) in [6, 6.07) is 0. The molecule has 0 aromatic heterocycles. The maximum Gasteiger partial charge on any atom is 0.186 e. The van der Waals surface area contributed by atoms with Crippen LogP contribution in [0.4, 0.5) is 0 Å². The van der Waals surface area contributed by atoms with Gasteiger partial charge in [-0.1, -0.05) is 41.5 Å². The molecule has 5 aliphatic carbocycles. The predicted molar refractivity (Wildman–Crippen MR) is 162 cm³/mol. The zero-order valence-corrected chi connectivity index (χ0v) is 28.0. The summed E-state index contributed by atoms with van der Waals surface area (Å²) in [4.78, 5) is 13.1. The molecular formula is C35H58O9. The quantitative estimate of drug-likeness (QED) is 0.261. The van der Waals surface area contributed by atoms with E-state index >= 15 is 0 Å². The lowest BCUT2D eigenvalue weighted by molar-refractivity contribution is -0.338. The minimum atomic E-state index is -1.53. The average molecular weight is 623 g/mol. The Balaban J connectivity index is 1.46. The van der Waals surface area contributed by atoms with Crippen LogP contribution in [0.3, 0.4) is 0 Å². The molecule has 5 saturated carbocycles. The van der Waals surface area contributed by atoms with Gasteiger partial charge < -0.3 is 40.1 Å². The second kappa shape index (κ2) is 9.94. The molecule has 252 valence electrons. The van der Waals surface area contributed by atoms with Crippen molar-refractivity contribution in [2.45, 2.75) is 155 Å². The number of aliphatic hydroxyl groups excluding tert-OH is 4. The van der Waals surface area contributed by atoms with E-state index in [4.69, 9.17) is 9.47 Å². The lowest BCUT2D eigenvalue weighted by atomic mass is 9.31. The summed E-state index contributed by atoms with van der Waals surface area (Å²) in [5.41, 5.74) is -4.82. The first-order valence-corrected chi connectivity index (χ1v) is 17.1. The van der Waals surface area contributed by atoms with Crippen molar-refractivity contribution in [1.82, 2.24) is 0 Å². The third kappa shape index (κ3) is 4.09. The number of rotatable bonds is 3. The smallest absolute Gasteiger partial charge is 0.186 e. The second-order valence-electron chi connectivity index (χ2n) is 18.0. The van der Waals surface area contributed by atoms with Crippen LogP contribution in [0.15, 0.2) is 0 Å². The Hall–Kier alpha value is -0.650. The first-order valence-electron chi connectivity index (χ1n) is 17.1. The van der Waals surface area contributed by atoms with Crippen molar-refractivity contribution in [1.29, 1.82) is 0 Å². The Morgan fingerprint density at radius 2 is 1.48 bits per heavy atom. The van der Waals surface area contributed by atoms with Crippen molar-refractivity contribution < 1.29 is 44.9 Å². The Labute approximate surface area is 262 Å². The molecule has 6 rings (SSSR count). The van der Waals surface area contributed by atoms with Gasteiger partial charge in [-0.2, -0.15) is 0 Å². The summed E-state index contributed by atoms with van der Waals surface area (Å²) in [5.74, 6) is -0.0330. The molecule has 0 aromatic rings. The van der Waals surface area contributed by atoms with E-state index in [9.17, 15) is 35.4 Å². The molecule has 9 heteroatoms. The lowest BCUT2D eigenvalue weighted by Gasteiger charge is -2.74. The molecule has 6 unspecified atom stereocenters. The minimum absolute atomic E-state index is 0.125. The Morgan fingerprint density at radius 3 is 2.11 bits per heavy atom. The van der Waals surface area contributed by atoms with Crippen molar-refractivity contribution in [3.05, 3.63) is 0 Å². The molecule has 0 radical (unpaired) electrons. The van der Waals surface area contributed by atoms with Gasteiger partial charge in [-0.25, -0.2) is 0 Å². The molecule has 6 aliphatic rings. The van der Waals surface area contributed by atoms with Gasteiger partial charge in [0.1, 0.15) is 24.1 Å². The summed E-state index contributed by atoms with van der Waals surface area (Å²) < 4.78 is 12.4. The van der Waals surface area contributed by atoms with Crippen LogP contribution in [-0.2, 0) is 14.3 Å². The molecular weight excluding hydrogens is 564 g/mol. The number of ketones is 1. The molecule has 6 fully saturated rings. The third-order valence-electron chi connectivity index (χ3n) is 15.4. The molecule has 9 nitrogen and oxygen atoms in total. The largest absolute Gasteiger partial charge is 0.393 e. The van der Waals surface area contributed by atoms with E-state index in [1.54, 1.807) is 13.8 Å².